The van der Waals surface area contributed by atoms with E-state index in [0.29, 0.717) is 24.3 Å². The summed E-state index contributed by atoms with van der Waals surface area (Å²) in [7, 11) is 1.29. The number of fused-ring (bicyclic) bond motifs is 1. The van der Waals surface area contributed by atoms with Gasteiger partial charge in [0.25, 0.3) is 0 Å². The Bertz CT molecular complexity index is 1090. The van der Waals surface area contributed by atoms with E-state index in [4.69, 9.17) is 5.26 Å². The zero-order valence-electron chi connectivity index (χ0n) is 15.9. The van der Waals surface area contributed by atoms with Gasteiger partial charge in [-0.3, -0.25) is 10.1 Å². The number of rotatable bonds is 6. The number of hydrogen-bond acceptors (Lipinski definition) is 4. The van der Waals surface area contributed by atoms with E-state index in [2.05, 4.69) is 21.4 Å². The number of ether oxygens (including phenoxy) is 1. The van der Waals surface area contributed by atoms with Crippen LogP contribution in [-0.2, 0) is 16.1 Å². The van der Waals surface area contributed by atoms with Gasteiger partial charge in [-0.05, 0) is 36.4 Å². The summed E-state index contributed by atoms with van der Waals surface area (Å²) in [5, 5.41) is 15.2. The third-order valence-corrected chi connectivity index (χ3v) is 4.28. The molecular weight excluding hydrogens is 368 g/mol. The molecule has 0 saturated heterocycles. The first-order chi connectivity index (χ1) is 14.1. The quantitative estimate of drug-likeness (QED) is 0.612. The fourth-order valence-corrected chi connectivity index (χ4v) is 2.92. The molecule has 0 unspecified atom stereocenters. The van der Waals surface area contributed by atoms with Gasteiger partial charge in [-0.25, -0.2) is 4.79 Å². The molecule has 146 valence electrons. The third-order valence-electron chi connectivity index (χ3n) is 4.28. The first-order valence-corrected chi connectivity index (χ1v) is 8.99. The maximum Gasteiger partial charge on any atom is 0.411 e. The molecule has 0 fully saturated rings. The van der Waals surface area contributed by atoms with E-state index in [0.717, 1.165) is 16.5 Å². The lowest BCUT2D eigenvalue weighted by molar-refractivity contribution is -0.111. The fraction of sp³-hybridized carbons (Fsp3) is 0.136. The minimum absolute atomic E-state index is 0.271. The number of nitrogens with zero attached hydrogens (tertiary/aromatic N) is 2. The average molecular weight is 388 g/mol. The molecule has 0 bridgehead atoms. The van der Waals surface area contributed by atoms with E-state index in [1.54, 1.807) is 30.3 Å². The molecule has 7 nitrogen and oxygen atoms in total. The van der Waals surface area contributed by atoms with E-state index < -0.39 is 6.09 Å². The molecule has 2 aromatic carbocycles. The normalized spacial score (nSPS) is 10.6. The molecule has 0 aliphatic heterocycles. The number of para-hydroxylation sites is 1. The Hall–Kier alpha value is -4.05. The van der Waals surface area contributed by atoms with Crippen molar-refractivity contribution in [3.8, 4) is 6.07 Å². The number of methoxy groups -OCH3 is 1. The summed E-state index contributed by atoms with van der Waals surface area (Å²) in [5.74, 6) is -0.271. The minimum Gasteiger partial charge on any atom is -0.453 e. The van der Waals surface area contributed by atoms with Crippen LogP contribution in [0.25, 0.3) is 17.0 Å². The number of nitrogens with one attached hydrogen (secondary N) is 2. The number of carbonyl (C=O) groups excluding carboxylic acids is 2. The highest BCUT2D eigenvalue weighted by atomic mass is 16.5. The molecule has 0 spiro atoms. The van der Waals surface area contributed by atoms with Crippen LogP contribution in [0.2, 0.25) is 0 Å². The Labute approximate surface area is 168 Å². The number of anilines is 2. The SMILES string of the molecule is COC(=O)Nc1ccc(NC(=O)/C=C/c2cn(CCC#N)c3ccccc23)cc1. The summed E-state index contributed by atoms with van der Waals surface area (Å²) in [4.78, 5) is 23.5. The lowest BCUT2D eigenvalue weighted by atomic mass is 10.1. The summed E-state index contributed by atoms with van der Waals surface area (Å²) in [6.07, 6.45) is 5.03. The Morgan fingerprint density at radius 3 is 2.48 bits per heavy atom. The second-order valence-electron chi connectivity index (χ2n) is 6.22. The van der Waals surface area contributed by atoms with Crippen LogP contribution in [0.3, 0.4) is 0 Å². The van der Waals surface area contributed by atoms with Crippen LogP contribution in [0, 0.1) is 11.3 Å². The van der Waals surface area contributed by atoms with Crippen molar-refractivity contribution in [2.45, 2.75) is 13.0 Å². The maximum atomic E-state index is 12.3. The van der Waals surface area contributed by atoms with Crippen LogP contribution in [0.4, 0.5) is 16.2 Å². The molecule has 29 heavy (non-hydrogen) atoms. The van der Waals surface area contributed by atoms with Crippen LogP contribution in [-0.4, -0.2) is 23.7 Å². The molecule has 3 rings (SSSR count). The Kier molecular flexibility index (Phi) is 6.28. The largest absolute Gasteiger partial charge is 0.453 e. The maximum absolute atomic E-state index is 12.3. The Morgan fingerprint density at radius 1 is 1.10 bits per heavy atom. The molecule has 7 heteroatoms. The Balaban J connectivity index is 1.69. The zero-order valence-corrected chi connectivity index (χ0v) is 15.9. The first-order valence-electron chi connectivity index (χ1n) is 8.99. The van der Waals surface area contributed by atoms with Gasteiger partial charge in [0.15, 0.2) is 0 Å². The van der Waals surface area contributed by atoms with Crippen LogP contribution in [0.5, 0.6) is 0 Å². The first kappa shape index (κ1) is 19.7. The highest BCUT2D eigenvalue weighted by Gasteiger charge is 2.07. The van der Waals surface area contributed by atoms with E-state index >= 15 is 0 Å². The summed E-state index contributed by atoms with van der Waals surface area (Å²) < 4.78 is 6.55. The van der Waals surface area contributed by atoms with Gasteiger partial charge in [0, 0.05) is 46.7 Å². The van der Waals surface area contributed by atoms with Gasteiger partial charge in [-0.15, -0.1) is 0 Å². The lowest BCUT2D eigenvalue weighted by Crippen LogP contribution is -2.11. The van der Waals surface area contributed by atoms with Crippen molar-refractivity contribution in [3.63, 3.8) is 0 Å². The second-order valence-corrected chi connectivity index (χ2v) is 6.22. The van der Waals surface area contributed by atoms with Crippen LogP contribution >= 0.6 is 0 Å². The fourth-order valence-electron chi connectivity index (χ4n) is 2.92. The van der Waals surface area contributed by atoms with Gasteiger partial charge in [0.2, 0.25) is 5.91 Å². The molecule has 1 heterocycles. The molecule has 3 aromatic rings. The number of aryl methyl sites for hydroxylation is 1. The van der Waals surface area contributed by atoms with Crippen molar-refractivity contribution >= 4 is 40.4 Å². The molecule has 0 aliphatic carbocycles. The van der Waals surface area contributed by atoms with E-state index in [-0.39, 0.29) is 5.91 Å². The van der Waals surface area contributed by atoms with Gasteiger partial charge >= 0.3 is 6.09 Å². The topological polar surface area (TPSA) is 96.2 Å². The van der Waals surface area contributed by atoms with Gasteiger partial charge in [0.1, 0.15) is 0 Å². The van der Waals surface area contributed by atoms with E-state index in [1.807, 2.05) is 35.0 Å². The number of nitriles is 1. The molecule has 1 aromatic heterocycles. The molecule has 2 amide bonds. The van der Waals surface area contributed by atoms with Crippen LogP contribution in [0.1, 0.15) is 12.0 Å². The van der Waals surface area contributed by atoms with Crippen molar-refractivity contribution in [1.82, 2.24) is 4.57 Å². The highest BCUT2D eigenvalue weighted by molar-refractivity contribution is 6.03. The van der Waals surface area contributed by atoms with Gasteiger partial charge in [-0.2, -0.15) is 5.26 Å². The second kappa shape index (κ2) is 9.24. The van der Waals surface area contributed by atoms with Crippen LogP contribution in [0.15, 0.2) is 60.8 Å². The molecule has 0 radical (unpaired) electrons. The van der Waals surface area contributed by atoms with Crippen molar-refractivity contribution < 1.29 is 14.3 Å². The highest BCUT2D eigenvalue weighted by Crippen LogP contribution is 2.23. The van der Waals surface area contributed by atoms with E-state index in [9.17, 15) is 9.59 Å². The van der Waals surface area contributed by atoms with Crippen molar-refractivity contribution in [2.75, 3.05) is 17.7 Å². The van der Waals surface area contributed by atoms with Crippen molar-refractivity contribution in [1.29, 1.82) is 5.26 Å². The lowest BCUT2D eigenvalue weighted by Gasteiger charge is -2.05. The molecule has 0 aliphatic rings. The monoisotopic (exact) mass is 388 g/mol. The predicted octanol–water partition coefficient (Wildman–Crippen LogP) is 4.39. The number of amides is 2. The molecule has 0 atom stereocenters. The number of hydrogen-bond donors (Lipinski definition) is 2. The zero-order chi connectivity index (χ0) is 20.6. The summed E-state index contributed by atoms with van der Waals surface area (Å²) >= 11 is 0. The van der Waals surface area contributed by atoms with Crippen LogP contribution < -0.4 is 10.6 Å². The van der Waals surface area contributed by atoms with E-state index in [1.165, 1.54) is 13.2 Å². The Morgan fingerprint density at radius 2 is 1.79 bits per heavy atom. The number of carbonyl (C=O) groups is 2. The summed E-state index contributed by atoms with van der Waals surface area (Å²) in [6.45, 7) is 0.600. The summed E-state index contributed by atoms with van der Waals surface area (Å²) in [6, 6.07) is 16.7. The number of benzene rings is 2. The van der Waals surface area contributed by atoms with Gasteiger partial charge in [-0.1, -0.05) is 18.2 Å². The van der Waals surface area contributed by atoms with Crippen molar-refractivity contribution in [2.24, 2.45) is 0 Å². The number of aromatic nitrogens is 1. The smallest absolute Gasteiger partial charge is 0.411 e. The minimum atomic E-state index is -0.557. The predicted molar refractivity (Wildman–Crippen MR) is 112 cm³/mol. The molecular formula is C22H20N4O3. The molecule has 0 saturated carbocycles. The standard InChI is InChI=1S/C22H20N4O3/c1-29-22(28)25-18-10-8-17(9-11-18)24-21(27)12-7-16-15-26(14-4-13-23)20-6-3-2-5-19(16)20/h2-3,5-12,15H,4,14H2,1H3,(H,24,27)(H,25,28)/b12-7+. The molecule has 2 N–H and O–H groups in total. The third kappa shape index (κ3) is 5.02. The van der Waals surface area contributed by atoms with Crippen molar-refractivity contribution in [3.05, 3.63) is 66.4 Å². The van der Waals surface area contributed by atoms with Gasteiger partial charge < -0.3 is 14.6 Å². The average Bonchev–Trinajstić information content (AvgIpc) is 3.10. The van der Waals surface area contributed by atoms with Gasteiger partial charge in [0.05, 0.1) is 19.6 Å². The summed E-state index contributed by atoms with van der Waals surface area (Å²) in [5.41, 5.74) is 3.10.